The van der Waals surface area contributed by atoms with E-state index in [1.165, 1.54) is 10.5 Å². The lowest BCUT2D eigenvalue weighted by Crippen LogP contribution is -2.38. The third kappa shape index (κ3) is 5.08. The number of likely N-dealkylation sites (N-methyl/N-ethyl adjacent to an activating group) is 1. The molecule has 0 aromatic heterocycles. The molecule has 1 aliphatic rings. The summed E-state index contributed by atoms with van der Waals surface area (Å²) in [6.45, 7) is 0.644. The van der Waals surface area contributed by atoms with Crippen LogP contribution in [0.3, 0.4) is 0 Å². The molecule has 2 aromatic carbocycles. The largest absolute Gasteiger partial charge is 0.336 e. The summed E-state index contributed by atoms with van der Waals surface area (Å²) in [5, 5.41) is 3.36. The lowest BCUT2D eigenvalue weighted by Gasteiger charge is -2.23. The van der Waals surface area contributed by atoms with E-state index < -0.39 is 6.04 Å². The van der Waals surface area contributed by atoms with Crippen LogP contribution >= 0.6 is 34.8 Å². The van der Waals surface area contributed by atoms with Gasteiger partial charge in [-0.2, -0.15) is 0 Å². The minimum Gasteiger partial charge on any atom is -0.336 e. The average Bonchev–Trinajstić information content (AvgIpc) is 2.89. The maximum absolute atomic E-state index is 12.6. The summed E-state index contributed by atoms with van der Waals surface area (Å²) >= 11 is 7.66. The van der Waals surface area contributed by atoms with Gasteiger partial charge in [-0.1, -0.05) is 30.3 Å². The number of carbonyl (C=O) groups excluding carboxylic acids is 2. The summed E-state index contributed by atoms with van der Waals surface area (Å²) in [7, 11) is 1.67. The Kier molecular flexibility index (Phi) is 7.01. The average molecular weight is 507 g/mol. The molecule has 1 fully saturated rings. The molecule has 0 bridgehead atoms. The first-order valence-electron chi connectivity index (χ1n) is 9.13. The molecule has 146 valence electrons. The van der Waals surface area contributed by atoms with Crippen molar-refractivity contribution in [3.8, 4) is 0 Å². The third-order valence-electron chi connectivity index (χ3n) is 4.74. The van der Waals surface area contributed by atoms with Crippen LogP contribution in [0, 0.1) is 3.57 Å². The standard InChI is InChI=1S/C21H22IN3O2S/c1-24-20(27)18(14-19(26)23-17-11-9-16(22)10-12-17)25(21(24)28)13-5-8-15-6-3-2-4-7-15/h2-4,6-7,9-12,18H,5,8,13-14H2,1H3,(H,23,26). The van der Waals surface area contributed by atoms with Crippen LogP contribution in [-0.4, -0.2) is 46.4 Å². The molecule has 1 saturated heterocycles. The van der Waals surface area contributed by atoms with Crippen LogP contribution in [0.5, 0.6) is 0 Å². The van der Waals surface area contributed by atoms with Crippen molar-refractivity contribution in [1.82, 2.24) is 9.80 Å². The molecule has 7 heteroatoms. The second-order valence-electron chi connectivity index (χ2n) is 6.74. The Hall–Kier alpha value is -2.00. The highest BCUT2D eigenvalue weighted by molar-refractivity contribution is 14.1. The molecular weight excluding hydrogens is 485 g/mol. The van der Waals surface area contributed by atoms with Crippen molar-refractivity contribution in [2.24, 2.45) is 0 Å². The fourth-order valence-electron chi connectivity index (χ4n) is 3.25. The van der Waals surface area contributed by atoms with Crippen molar-refractivity contribution >= 4 is 57.4 Å². The van der Waals surface area contributed by atoms with Gasteiger partial charge in [-0.15, -0.1) is 0 Å². The first-order chi connectivity index (χ1) is 13.5. The first-order valence-corrected chi connectivity index (χ1v) is 10.6. The summed E-state index contributed by atoms with van der Waals surface area (Å²) in [4.78, 5) is 28.5. The van der Waals surface area contributed by atoms with Gasteiger partial charge in [0, 0.05) is 22.8 Å². The molecule has 0 saturated carbocycles. The highest BCUT2D eigenvalue weighted by atomic mass is 127. The van der Waals surface area contributed by atoms with Crippen molar-refractivity contribution in [3.63, 3.8) is 0 Å². The highest BCUT2D eigenvalue weighted by Crippen LogP contribution is 2.21. The SMILES string of the molecule is CN1C(=O)C(CC(=O)Nc2ccc(I)cc2)N(CCCc2ccccc2)C1=S. The molecule has 1 atom stereocenters. The van der Waals surface area contributed by atoms with Crippen LogP contribution in [0.25, 0.3) is 0 Å². The molecular formula is C21H22IN3O2S. The van der Waals surface area contributed by atoms with Gasteiger partial charge < -0.3 is 10.2 Å². The summed E-state index contributed by atoms with van der Waals surface area (Å²) in [6, 6.07) is 17.2. The number of anilines is 1. The van der Waals surface area contributed by atoms with Gasteiger partial charge in [-0.3, -0.25) is 14.5 Å². The van der Waals surface area contributed by atoms with Crippen molar-refractivity contribution in [1.29, 1.82) is 0 Å². The molecule has 1 unspecified atom stereocenters. The number of halogens is 1. The smallest absolute Gasteiger partial charge is 0.251 e. The number of benzene rings is 2. The Morgan fingerprint density at radius 1 is 1.14 bits per heavy atom. The van der Waals surface area contributed by atoms with E-state index in [1.54, 1.807) is 7.05 Å². The number of rotatable bonds is 7. The lowest BCUT2D eigenvalue weighted by molar-refractivity contribution is -0.130. The molecule has 0 radical (unpaired) electrons. The second-order valence-corrected chi connectivity index (χ2v) is 8.35. The topological polar surface area (TPSA) is 52.7 Å². The first kappa shape index (κ1) is 20.7. The van der Waals surface area contributed by atoms with Gasteiger partial charge in [0.2, 0.25) is 5.91 Å². The normalized spacial score (nSPS) is 16.6. The van der Waals surface area contributed by atoms with Crippen LogP contribution in [0.2, 0.25) is 0 Å². The fraction of sp³-hybridized carbons (Fsp3) is 0.286. The van der Waals surface area contributed by atoms with Crippen LogP contribution in [-0.2, 0) is 16.0 Å². The number of aryl methyl sites for hydroxylation is 1. The Morgan fingerprint density at radius 2 is 1.82 bits per heavy atom. The summed E-state index contributed by atoms with van der Waals surface area (Å²) < 4.78 is 1.10. The number of carbonyl (C=O) groups is 2. The van der Waals surface area contributed by atoms with Gasteiger partial charge in [-0.05, 0) is 77.5 Å². The minimum absolute atomic E-state index is 0.0840. The Labute approximate surface area is 184 Å². The zero-order valence-electron chi connectivity index (χ0n) is 15.6. The quantitative estimate of drug-likeness (QED) is 0.459. The van der Waals surface area contributed by atoms with Crippen molar-refractivity contribution in [2.75, 3.05) is 18.9 Å². The van der Waals surface area contributed by atoms with Gasteiger partial charge in [0.25, 0.3) is 5.91 Å². The maximum atomic E-state index is 12.6. The molecule has 3 rings (SSSR count). The molecule has 0 spiro atoms. The number of hydrogen-bond donors (Lipinski definition) is 1. The van der Waals surface area contributed by atoms with E-state index in [0.717, 1.165) is 22.1 Å². The van der Waals surface area contributed by atoms with Gasteiger partial charge in [0.1, 0.15) is 6.04 Å². The van der Waals surface area contributed by atoms with Crippen LogP contribution < -0.4 is 5.32 Å². The van der Waals surface area contributed by atoms with Crippen LogP contribution in [0.1, 0.15) is 18.4 Å². The molecule has 0 aliphatic carbocycles. The van der Waals surface area contributed by atoms with E-state index in [4.69, 9.17) is 12.2 Å². The number of thiocarbonyl (C=S) groups is 1. The minimum atomic E-state index is -0.544. The van der Waals surface area contributed by atoms with E-state index in [9.17, 15) is 9.59 Å². The highest BCUT2D eigenvalue weighted by Gasteiger charge is 2.41. The van der Waals surface area contributed by atoms with Crippen LogP contribution in [0.4, 0.5) is 5.69 Å². The number of hydrogen-bond acceptors (Lipinski definition) is 3. The second kappa shape index (κ2) is 9.47. The summed E-state index contributed by atoms with van der Waals surface area (Å²) in [5.41, 5.74) is 1.97. The van der Waals surface area contributed by atoms with Crippen molar-refractivity contribution in [3.05, 3.63) is 63.7 Å². The molecule has 28 heavy (non-hydrogen) atoms. The van der Waals surface area contributed by atoms with E-state index in [0.29, 0.717) is 11.7 Å². The van der Waals surface area contributed by atoms with E-state index in [1.807, 2.05) is 47.4 Å². The van der Waals surface area contributed by atoms with E-state index in [2.05, 4.69) is 40.0 Å². The van der Waals surface area contributed by atoms with Crippen molar-refractivity contribution in [2.45, 2.75) is 25.3 Å². The molecule has 2 amide bonds. The lowest BCUT2D eigenvalue weighted by atomic mass is 10.1. The molecule has 5 nitrogen and oxygen atoms in total. The van der Waals surface area contributed by atoms with Gasteiger partial charge in [0.15, 0.2) is 5.11 Å². The Bertz CT molecular complexity index is 858. The van der Waals surface area contributed by atoms with E-state index >= 15 is 0 Å². The molecule has 2 aromatic rings. The number of nitrogens with zero attached hydrogens (tertiary/aromatic N) is 2. The van der Waals surface area contributed by atoms with Gasteiger partial charge in [-0.25, -0.2) is 0 Å². The zero-order chi connectivity index (χ0) is 20.1. The van der Waals surface area contributed by atoms with Gasteiger partial charge in [0.05, 0.1) is 6.42 Å². The fourth-order valence-corrected chi connectivity index (χ4v) is 3.91. The predicted molar refractivity (Wildman–Crippen MR) is 123 cm³/mol. The molecule has 1 aliphatic heterocycles. The maximum Gasteiger partial charge on any atom is 0.251 e. The van der Waals surface area contributed by atoms with E-state index in [-0.39, 0.29) is 18.2 Å². The number of nitrogens with one attached hydrogen (secondary N) is 1. The van der Waals surface area contributed by atoms with Crippen LogP contribution in [0.15, 0.2) is 54.6 Å². The monoisotopic (exact) mass is 507 g/mol. The third-order valence-corrected chi connectivity index (χ3v) is 5.97. The summed E-state index contributed by atoms with van der Waals surface area (Å²) in [5.74, 6) is -0.312. The number of amides is 2. The van der Waals surface area contributed by atoms with Crippen molar-refractivity contribution < 1.29 is 9.59 Å². The Balaban J connectivity index is 1.61. The molecule has 1 N–H and O–H groups in total. The Morgan fingerprint density at radius 3 is 2.50 bits per heavy atom. The molecule has 1 heterocycles. The zero-order valence-corrected chi connectivity index (χ0v) is 18.6. The predicted octanol–water partition coefficient (Wildman–Crippen LogP) is 3.68. The summed E-state index contributed by atoms with van der Waals surface area (Å²) in [6.07, 6.45) is 1.85. The van der Waals surface area contributed by atoms with Gasteiger partial charge >= 0.3 is 0 Å².